The summed E-state index contributed by atoms with van der Waals surface area (Å²) in [6, 6.07) is 0. The van der Waals surface area contributed by atoms with Crippen molar-refractivity contribution in [2.45, 2.75) is 44.7 Å². The Morgan fingerprint density at radius 3 is 2.57 bits per heavy atom. The number of morpholine rings is 1. The summed E-state index contributed by atoms with van der Waals surface area (Å²) >= 11 is 0. The van der Waals surface area contributed by atoms with Crippen LogP contribution in [0.5, 0.6) is 0 Å². The fourth-order valence-electron chi connectivity index (χ4n) is 1.66. The lowest BCUT2D eigenvalue weighted by atomic mass is 9.88. The van der Waals surface area contributed by atoms with Crippen molar-refractivity contribution < 1.29 is 14.6 Å². The number of hydrogen-bond acceptors (Lipinski definition) is 4. The number of carbonyl (C=O) groups is 1. The third-order valence-corrected chi connectivity index (χ3v) is 3.16. The summed E-state index contributed by atoms with van der Waals surface area (Å²) in [5, 5.41) is 12.5. The lowest BCUT2D eigenvalue weighted by Crippen LogP contribution is -2.68. The Labute approximate surface area is 84.6 Å². The van der Waals surface area contributed by atoms with Crippen molar-refractivity contribution >= 4 is 5.97 Å². The number of nitrogens with one attached hydrogen (secondary N) is 1. The minimum atomic E-state index is -0.656. The van der Waals surface area contributed by atoms with Crippen LogP contribution in [0.4, 0.5) is 0 Å². The van der Waals surface area contributed by atoms with Crippen LogP contribution in [-0.4, -0.2) is 35.4 Å². The molecule has 1 saturated heterocycles. The van der Waals surface area contributed by atoms with E-state index < -0.39 is 11.1 Å². The molecule has 4 heteroatoms. The van der Waals surface area contributed by atoms with Gasteiger partial charge < -0.3 is 9.84 Å². The third kappa shape index (κ3) is 1.77. The molecule has 82 valence electrons. The van der Waals surface area contributed by atoms with Crippen molar-refractivity contribution in [3.63, 3.8) is 0 Å². The van der Waals surface area contributed by atoms with Crippen molar-refractivity contribution in [1.29, 1.82) is 0 Å². The predicted molar refractivity (Wildman–Crippen MR) is 52.9 cm³/mol. The number of carbonyl (C=O) groups excluding carboxylic acids is 1. The van der Waals surface area contributed by atoms with Crippen molar-refractivity contribution in [3.05, 3.63) is 0 Å². The fraction of sp³-hybridized carbons (Fsp3) is 0.900. The van der Waals surface area contributed by atoms with Gasteiger partial charge in [-0.3, -0.25) is 10.1 Å². The van der Waals surface area contributed by atoms with E-state index in [0.29, 0.717) is 6.42 Å². The van der Waals surface area contributed by atoms with E-state index in [2.05, 4.69) is 5.32 Å². The van der Waals surface area contributed by atoms with Crippen molar-refractivity contribution in [2.24, 2.45) is 0 Å². The van der Waals surface area contributed by atoms with Gasteiger partial charge in [0.1, 0.15) is 12.1 Å². The summed E-state index contributed by atoms with van der Waals surface area (Å²) in [4.78, 5) is 11.5. The zero-order valence-electron chi connectivity index (χ0n) is 9.09. The van der Waals surface area contributed by atoms with Gasteiger partial charge in [0, 0.05) is 0 Å². The topological polar surface area (TPSA) is 58.6 Å². The van der Waals surface area contributed by atoms with Crippen molar-refractivity contribution in [2.75, 3.05) is 13.2 Å². The Bertz CT molecular complexity index is 225. The zero-order chi connectivity index (χ0) is 10.8. The number of rotatable bonds is 3. The molecular weight excluding hydrogens is 182 g/mol. The minimum absolute atomic E-state index is 0.00757. The maximum atomic E-state index is 11.5. The number of esters is 1. The first-order chi connectivity index (χ1) is 6.52. The molecular formula is C10H19NO3. The van der Waals surface area contributed by atoms with E-state index in [1.165, 1.54) is 0 Å². The lowest BCUT2D eigenvalue weighted by Gasteiger charge is -2.44. The standard InChI is InChI=1S/C10H19NO3/c1-4-9(3)8(13)14-7-10(5-2,6-12)11-9/h11-12H,4-7H2,1-3H3. The van der Waals surface area contributed by atoms with Crippen molar-refractivity contribution in [3.8, 4) is 0 Å². The van der Waals surface area contributed by atoms with Crippen molar-refractivity contribution in [1.82, 2.24) is 5.32 Å². The molecule has 0 aromatic carbocycles. The summed E-state index contributed by atoms with van der Waals surface area (Å²) in [5.41, 5.74) is -1.12. The molecule has 1 heterocycles. The number of hydrogen-bond donors (Lipinski definition) is 2. The molecule has 2 N–H and O–H groups in total. The second-order valence-electron chi connectivity index (χ2n) is 4.18. The third-order valence-electron chi connectivity index (χ3n) is 3.16. The predicted octanol–water partition coefficient (Wildman–Crippen LogP) is 0.443. The average Bonchev–Trinajstić information content (AvgIpc) is 2.23. The SMILES string of the molecule is CCC1(CO)COC(=O)C(C)(CC)N1. The van der Waals surface area contributed by atoms with E-state index in [-0.39, 0.29) is 19.2 Å². The first kappa shape index (κ1) is 11.5. The van der Waals surface area contributed by atoms with Gasteiger partial charge in [-0.1, -0.05) is 13.8 Å². The Morgan fingerprint density at radius 2 is 2.14 bits per heavy atom. The Balaban J connectivity index is 2.85. The largest absolute Gasteiger partial charge is 0.462 e. The van der Waals surface area contributed by atoms with Crippen LogP contribution in [0.3, 0.4) is 0 Å². The number of aliphatic hydroxyl groups excluding tert-OH is 1. The number of cyclic esters (lactones) is 1. The monoisotopic (exact) mass is 201 g/mol. The number of ether oxygens (including phenoxy) is 1. The highest BCUT2D eigenvalue weighted by Crippen LogP contribution is 2.25. The van der Waals surface area contributed by atoms with E-state index in [1.54, 1.807) is 0 Å². The molecule has 0 bridgehead atoms. The van der Waals surface area contributed by atoms with E-state index in [9.17, 15) is 9.90 Å². The molecule has 0 saturated carbocycles. The fourth-order valence-corrected chi connectivity index (χ4v) is 1.66. The molecule has 1 fully saturated rings. The summed E-state index contributed by atoms with van der Waals surface area (Å²) in [6.07, 6.45) is 1.40. The van der Waals surface area contributed by atoms with Crippen LogP contribution in [0.25, 0.3) is 0 Å². The molecule has 2 atom stereocenters. The summed E-state index contributed by atoms with van der Waals surface area (Å²) < 4.78 is 5.12. The van der Waals surface area contributed by atoms with Gasteiger partial charge in [-0.25, -0.2) is 0 Å². The Hall–Kier alpha value is -0.610. The summed E-state index contributed by atoms with van der Waals surface area (Å²) in [7, 11) is 0. The van der Waals surface area contributed by atoms with Crippen LogP contribution in [0, 0.1) is 0 Å². The smallest absolute Gasteiger partial charge is 0.326 e. The molecule has 0 spiro atoms. The second kappa shape index (κ2) is 3.87. The van der Waals surface area contributed by atoms with Crippen LogP contribution in [0.2, 0.25) is 0 Å². The highest BCUT2D eigenvalue weighted by Gasteiger charge is 2.46. The Kier molecular flexibility index (Phi) is 3.17. The molecule has 0 amide bonds. The van der Waals surface area contributed by atoms with E-state index in [1.807, 2.05) is 20.8 Å². The highest BCUT2D eigenvalue weighted by molar-refractivity contribution is 5.81. The average molecular weight is 201 g/mol. The van der Waals surface area contributed by atoms with Crippen LogP contribution in [-0.2, 0) is 9.53 Å². The maximum absolute atomic E-state index is 11.5. The van der Waals surface area contributed by atoms with E-state index >= 15 is 0 Å². The molecule has 14 heavy (non-hydrogen) atoms. The molecule has 0 aromatic rings. The van der Waals surface area contributed by atoms with Crippen LogP contribution < -0.4 is 5.32 Å². The van der Waals surface area contributed by atoms with Crippen LogP contribution in [0.1, 0.15) is 33.6 Å². The highest BCUT2D eigenvalue weighted by atomic mass is 16.5. The number of aliphatic hydroxyl groups is 1. The van der Waals surface area contributed by atoms with Gasteiger partial charge in [-0.15, -0.1) is 0 Å². The summed E-state index contributed by atoms with van der Waals surface area (Å²) in [6.45, 7) is 5.96. The van der Waals surface area contributed by atoms with Gasteiger partial charge in [0.25, 0.3) is 0 Å². The van der Waals surface area contributed by atoms with Gasteiger partial charge in [0.2, 0.25) is 0 Å². The molecule has 0 aliphatic carbocycles. The van der Waals surface area contributed by atoms with Gasteiger partial charge in [0.05, 0.1) is 12.1 Å². The van der Waals surface area contributed by atoms with Gasteiger partial charge >= 0.3 is 5.97 Å². The molecule has 2 unspecified atom stereocenters. The maximum Gasteiger partial charge on any atom is 0.326 e. The normalized spacial score (nSPS) is 38.1. The van der Waals surface area contributed by atoms with Gasteiger partial charge in [0.15, 0.2) is 0 Å². The van der Waals surface area contributed by atoms with Gasteiger partial charge in [-0.05, 0) is 19.8 Å². The Morgan fingerprint density at radius 1 is 1.50 bits per heavy atom. The second-order valence-corrected chi connectivity index (χ2v) is 4.18. The lowest BCUT2D eigenvalue weighted by molar-refractivity contribution is -0.164. The van der Waals surface area contributed by atoms with Gasteiger partial charge in [-0.2, -0.15) is 0 Å². The zero-order valence-corrected chi connectivity index (χ0v) is 9.09. The minimum Gasteiger partial charge on any atom is -0.462 e. The van der Waals surface area contributed by atoms with Crippen LogP contribution in [0.15, 0.2) is 0 Å². The van der Waals surface area contributed by atoms with E-state index in [0.717, 1.165) is 6.42 Å². The van der Waals surface area contributed by atoms with Crippen LogP contribution >= 0.6 is 0 Å². The quantitative estimate of drug-likeness (QED) is 0.651. The molecule has 0 aromatic heterocycles. The van der Waals surface area contributed by atoms with E-state index in [4.69, 9.17) is 4.74 Å². The molecule has 1 aliphatic heterocycles. The molecule has 1 rings (SSSR count). The summed E-state index contributed by atoms with van der Waals surface area (Å²) in [5.74, 6) is -0.225. The molecule has 1 aliphatic rings. The first-order valence-corrected chi connectivity index (χ1v) is 5.09. The first-order valence-electron chi connectivity index (χ1n) is 5.09. The molecule has 4 nitrogen and oxygen atoms in total. The molecule has 0 radical (unpaired) electrons.